The van der Waals surface area contributed by atoms with Crippen molar-refractivity contribution in [1.29, 1.82) is 0 Å². The lowest BCUT2D eigenvalue weighted by Gasteiger charge is -2.08. The molecular weight excluding hydrogens is 260 g/mol. The molecule has 3 rings (SSSR count). The molecule has 0 saturated heterocycles. The molecule has 0 unspecified atom stereocenters. The maximum atomic E-state index is 5.24. The van der Waals surface area contributed by atoms with Gasteiger partial charge in [0.25, 0.3) is 0 Å². The predicted molar refractivity (Wildman–Crippen MR) is 85.0 cm³/mol. The van der Waals surface area contributed by atoms with E-state index in [1.807, 2.05) is 35.1 Å². The molecule has 0 aliphatic carbocycles. The highest BCUT2D eigenvalue weighted by atomic mass is 16.5. The first-order chi connectivity index (χ1) is 10.2. The topological polar surface area (TPSA) is 27.1 Å². The second-order valence-corrected chi connectivity index (χ2v) is 5.16. The quantitative estimate of drug-likeness (QED) is 0.719. The number of benzene rings is 2. The minimum absolute atomic E-state index is 0.863. The minimum atomic E-state index is 0.863. The van der Waals surface area contributed by atoms with Crippen molar-refractivity contribution >= 4 is 0 Å². The van der Waals surface area contributed by atoms with Crippen molar-refractivity contribution in [3.05, 3.63) is 65.9 Å². The Morgan fingerprint density at radius 3 is 2.38 bits per heavy atom. The van der Waals surface area contributed by atoms with Crippen molar-refractivity contribution in [3.8, 4) is 22.7 Å². The van der Waals surface area contributed by atoms with Crippen molar-refractivity contribution in [2.75, 3.05) is 7.11 Å². The summed E-state index contributed by atoms with van der Waals surface area (Å²) in [7, 11) is 1.68. The van der Waals surface area contributed by atoms with Gasteiger partial charge in [-0.1, -0.05) is 29.8 Å². The van der Waals surface area contributed by atoms with Crippen LogP contribution in [0.3, 0.4) is 0 Å². The van der Waals surface area contributed by atoms with E-state index in [0.717, 1.165) is 28.3 Å². The van der Waals surface area contributed by atoms with Gasteiger partial charge in [-0.25, -0.2) is 4.68 Å². The van der Waals surface area contributed by atoms with Gasteiger partial charge in [0.1, 0.15) is 5.75 Å². The first-order valence-electron chi connectivity index (χ1n) is 6.95. The van der Waals surface area contributed by atoms with Crippen molar-refractivity contribution in [2.24, 2.45) is 0 Å². The third-order valence-corrected chi connectivity index (χ3v) is 3.59. The summed E-state index contributed by atoms with van der Waals surface area (Å²) in [5.74, 6) is 0.863. The van der Waals surface area contributed by atoms with Gasteiger partial charge in [0.05, 0.1) is 18.5 Å². The summed E-state index contributed by atoms with van der Waals surface area (Å²) < 4.78 is 7.15. The molecule has 0 amide bonds. The number of nitrogens with zero attached hydrogens (tertiary/aromatic N) is 2. The lowest BCUT2D eigenvalue weighted by atomic mass is 10.1. The second kappa shape index (κ2) is 5.44. The second-order valence-electron chi connectivity index (χ2n) is 5.16. The Kier molecular flexibility index (Phi) is 3.48. The van der Waals surface area contributed by atoms with E-state index in [2.05, 4.69) is 43.2 Å². The molecule has 21 heavy (non-hydrogen) atoms. The van der Waals surface area contributed by atoms with Crippen molar-refractivity contribution < 1.29 is 4.74 Å². The molecule has 0 aliphatic heterocycles. The van der Waals surface area contributed by atoms with Crippen LogP contribution in [0.5, 0.6) is 5.75 Å². The Bertz CT molecular complexity index is 757. The van der Waals surface area contributed by atoms with E-state index in [-0.39, 0.29) is 0 Å². The van der Waals surface area contributed by atoms with Gasteiger partial charge in [-0.15, -0.1) is 0 Å². The normalized spacial score (nSPS) is 10.6. The van der Waals surface area contributed by atoms with Crippen LogP contribution >= 0.6 is 0 Å². The maximum absolute atomic E-state index is 5.24. The van der Waals surface area contributed by atoms with Gasteiger partial charge in [0, 0.05) is 11.8 Å². The molecular formula is C18H18N2O. The van der Waals surface area contributed by atoms with Crippen LogP contribution in [0.25, 0.3) is 16.9 Å². The number of ether oxygens (including phenoxy) is 1. The fourth-order valence-corrected chi connectivity index (χ4v) is 2.35. The molecule has 2 aromatic carbocycles. The number of hydrogen-bond acceptors (Lipinski definition) is 2. The molecule has 1 aromatic heterocycles. The molecule has 0 atom stereocenters. The third kappa shape index (κ3) is 2.68. The zero-order chi connectivity index (χ0) is 14.8. The molecule has 0 N–H and O–H groups in total. The number of rotatable bonds is 3. The van der Waals surface area contributed by atoms with E-state index in [4.69, 9.17) is 4.74 Å². The predicted octanol–water partition coefficient (Wildman–Crippen LogP) is 4.16. The Hall–Kier alpha value is -2.55. The van der Waals surface area contributed by atoms with Gasteiger partial charge in [-0.2, -0.15) is 5.10 Å². The van der Waals surface area contributed by atoms with Crippen LogP contribution in [0.15, 0.2) is 54.7 Å². The Labute approximate surface area is 124 Å². The van der Waals surface area contributed by atoms with E-state index in [0.29, 0.717) is 0 Å². The molecule has 0 aliphatic rings. The first kappa shape index (κ1) is 13.4. The average molecular weight is 278 g/mol. The summed E-state index contributed by atoms with van der Waals surface area (Å²) >= 11 is 0. The SMILES string of the molecule is COc1ccc(-n2ccc(-c3ccc(C)cc3)n2)c(C)c1. The van der Waals surface area contributed by atoms with E-state index < -0.39 is 0 Å². The van der Waals surface area contributed by atoms with Crippen LogP contribution in [0.4, 0.5) is 0 Å². The van der Waals surface area contributed by atoms with Crippen LogP contribution in [0.2, 0.25) is 0 Å². The Morgan fingerprint density at radius 2 is 1.71 bits per heavy atom. The lowest BCUT2D eigenvalue weighted by molar-refractivity contribution is 0.414. The van der Waals surface area contributed by atoms with Crippen molar-refractivity contribution in [3.63, 3.8) is 0 Å². The van der Waals surface area contributed by atoms with Gasteiger partial charge >= 0.3 is 0 Å². The minimum Gasteiger partial charge on any atom is -0.497 e. The average Bonchev–Trinajstić information content (AvgIpc) is 2.97. The fraction of sp³-hybridized carbons (Fsp3) is 0.167. The Morgan fingerprint density at radius 1 is 0.952 bits per heavy atom. The van der Waals surface area contributed by atoms with E-state index in [1.165, 1.54) is 5.56 Å². The summed E-state index contributed by atoms with van der Waals surface area (Å²) in [6.45, 7) is 4.15. The van der Waals surface area contributed by atoms with Gasteiger partial charge in [-0.05, 0) is 43.7 Å². The summed E-state index contributed by atoms with van der Waals surface area (Å²) in [5, 5.41) is 4.67. The highest BCUT2D eigenvalue weighted by Gasteiger charge is 2.06. The summed E-state index contributed by atoms with van der Waals surface area (Å²) in [5.41, 5.74) is 5.56. The van der Waals surface area contributed by atoms with Crippen LogP contribution in [-0.2, 0) is 0 Å². The largest absolute Gasteiger partial charge is 0.497 e. The van der Waals surface area contributed by atoms with Crippen LogP contribution in [0, 0.1) is 13.8 Å². The highest BCUT2D eigenvalue weighted by Crippen LogP contribution is 2.23. The first-order valence-corrected chi connectivity index (χ1v) is 6.95. The zero-order valence-corrected chi connectivity index (χ0v) is 12.5. The zero-order valence-electron chi connectivity index (χ0n) is 12.5. The Balaban J connectivity index is 1.96. The van der Waals surface area contributed by atoms with Gasteiger partial charge in [0.15, 0.2) is 0 Å². The van der Waals surface area contributed by atoms with Gasteiger partial charge in [0.2, 0.25) is 0 Å². The van der Waals surface area contributed by atoms with E-state index >= 15 is 0 Å². The lowest BCUT2D eigenvalue weighted by Crippen LogP contribution is -1.98. The summed E-state index contributed by atoms with van der Waals surface area (Å²) in [6, 6.07) is 16.4. The number of aromatic nitrogens is 2. The molecule has 106 valence electrons. The smallest absolute Gasteiger partial charge is 0.119 e. The van der Waals surface area contributed by atoms with Gasteiger partial charge in [-0.3, -0.25) is 0 Å². The highest BCUT2D eigenvalue weighted by molar-refractivity contribution is 5.59. The molecule has 0 fully saturated rings. The van der Waals surface area contributed by atoms with E-state index in [1.54, 1.807) is 7.11 Å². The molecule has 3 nitrogen and oxygen atoms in total. The fourth-order valence-electron chi connectivity index (χ4n) is 2.35. The number of methoxy groups -OCH3 is 1. The molecule has 0 bridgehead atoms. The maximum Gasteiger partial charge on any atom is 0.119 e. The van der Waals surface area contributed by atoms with Crippen LogP contribution in [0.1, 0.15) is 11.1 Å². The molecule has 1 heterocycles. The van der Waals surface area contributed by atoms with Crippen molar-refractivity contribution in [2.45, 2.75) is 13.8 Å². The molecule has 0 saturated carbocycles. The standard InChI is InChI=1S/C18H18N2O/c1-13-4-6-15(7-5-13)17-10-11-20(19-17)18-9-8-16(21-3)12-14(18)2/h4-12H,1-3H3. The number of aryl methyl sites for hydroxylation is 2. The number of hydrogen-bond donors (Lipinski definition) is 0. The van der Waals surface area contributed by atoms with Crippen LogP contribution in [-0.4, -0.2) is 16.9 Å². The van der Waals surface area contributed by atoms with E-state index in [9.17, 15) is 0 Å². The molecule has 0 radical (unpaired) electrons. The molecule has 0 spiro atoms. The third-order valence-electron chi connectivity index (χ3n) is 3.59. The monoisotopic (exact) mass is 278 g/mol. The summed E-state index contributed by atoms with van der Waals surface area (Å²) in [6.07, 6.45) is 1.99. The summed E-state index contributed by atoms with van der Waals surface area (Å²) in [4.78, 5) is 0. The van der Waals surface area contributed by atoms with Gasteiger partial charge < -0.3 is 4.74 Å². The molecule has 3 heteroatoms. The van der Waals surface area contributed by atoms with Crippen molar-refractivity contribution in [1.82, 2.24) is 9.78 Å². The molecule has 3 aromatic rings. The van der Waals surface area contributed by atoms with Crippen LogP contribution < -0.4 is 4.74 Å².